The molecule has 0 unspecified atom stereocenters. The van der Waals surface area contributed by atoms with Crippen LogP contribution >= 0.6 is 22.9 Å². The van der Waals surface area contributed by atoms with Gasteiger partial charge in [-0.1, -0.05) is 35.1 Å². The highest BCUT2D eigenvalue weighted by Crippen LogP contribution is 2.35. The second-order valence-corrected chi connectivity index (χ2v) is 7.80. The van der Waals surface area contributed by atoms with Gasteiger partial charge < -0.3 is 10.0 Å². The number of hydrogen-bond acceptors (Lipinski definition) is 4. The van der Waals surface area contributed by atoms with E-state index in [4.69, 9.17) is 11.6 Å². The first-order valence-electron chi connectivity index (χ1n) is 8.28. The van der Waals surface area contributed by atoms with Crippen LogP contribution in [0.4, 0.5) is 0 Å². The summed E-state index contributed by atoms with van der Waals surface area (Å²) in [6, 6.07) is 8.04. The van der Waals surface area contributed by atoms with E-state index in [0.29, 0.717) is 5.82 Å². The van der Waals surface area contributed by atoms with Crippen LogP contribution < -0.4 is 4.90 Å². The van der Waals surface area contributed by atoms with Gasteiger partial charge in [0.1, 0.15) is 10.7 Å². The lowest BCUT2D eigenvalue weighted by Gasteiger charge is -2.31. The van der Waals surface area contributed by atoms with Gasteiger partial charge in [0.25, 0.3) is 0 Å². The van der Waals surface area contributed by atoms with Crippen molar-refractivity contribution in [1.82, 2.24) is 14.6 Å². The molecule has 0 spiro atoms. The first-order chi connectivity index (χ1) is 11.6. The third kappa shape index (κ3) is 2.79. The van der Waals surface area contributed by atoms with Crippen molar-refractivity contribution in [3.8, 4) is 5.88 Å². The van der Waals surface area contributed by atoms with Gasteiger partial charge in [-0.15, -0.1) is 5.10 Å². The number of thiazole rings is 1. The predicted molar refractivity (Wildman–Crippen MR) is 95.1 cm³/mol. The van der Waals surface area contributed by atoms with Gasteiger partial charge in [0.05, 0.1) is 13.1 Å². The summed E-state index contributed by atoms with van der Waals surface area (Å²) in [5, 5.41) is 15.8. The third-order valence-corrected chi connectivity index (χ3v) is 5.97. The van der Waals surface area contributed by atoms with E-state index in [0.717, 1.165) is 33.5 Å². The molecule has 0 saturated carbocycles. The largest absolute Gasteiger partial charge is 0.492 e. The number of nitrogens with one attached hydrogen (secondary N) is 1. The lowest BCUT2D eigenvalue weighted by molar-refractivity contribution is -0.929. The molecule has 5 nitrogen and oxygen atoms in total. The number of benzene rings is 1. The van der Waals surface area contributed by atoms with E-state index < -0.39 is 0 Å². The summed E-state index contributed by atoms with van der Waals surface area (Å²) in [7, 11) is 0. The van der Waals surface area contributed by atoms with Crippen LogP contribution in [0.3, 0.4) is 0 Å². The number of rotatable bonds is 3. The minimum Gasteiger partial charge on any atom is -0.492 e. The number of piperidine rings is 1. The van der Waals surface area contributed by atoms with Gasteiger partial charge in [0, 0.05) is 10.6 Å². The SMILES string of the molecule is Cc1nc2sc([C@@H](c3cccc(Cl)c3)[NH+]3CCCCC3)c(O)n2n1. The molecule has 3 aromatic rings. The molecule has 1 aliphatic rings. The van der Waals surface area contributed by atoms with E-state index in [1.807, 2.05) is 25.1 Å². The number of aromatic hydroxyl groups is 1. The molecular weight excluding hydrogens is 344 g/mol. The molecule has 2 aromatic heterocycles. The normalized spacial score (nSPS) is 17.4. The van der Waals surface area contributed by atoms with Crippen molar-refractivity contribution in [3.63, 3.8) is 0 Å². The lowest BCUT2D eigenvalue weighted by atomic mass is 10.0. The Labute approximate surface area is 149 Å². The maximum absolute atomic E-state index is 10.8. The Hall–Kier alpha value is -1.63. The minimum absolute atomic E-state index is 0.0674. The average Bonchev–Trinajstić information content (AvgIpc) is 3.07. The highest BCUT2D eigenvalue weighted by molar-refractivity contribution is 7.17. The Balaban J connectivity index is 1.84. The number of hydrogen-bond donors (Lipinski definition) is 2. The van der Waals surface area contributed by atoms with Gasteiger partial charge in [0.2, 0.25) is 10.8 Å². The topological polar surface area (TPSA) is 54.9 Å². The predicted octanol–water partition coefficient (Wildman–Crippen LogP) is 2.62. The highest BCUT2D eigenvalue weighted by atomic mass is 35.5. The second-order valence-electron chi connectivity index (χ2n) is 6.35. The van der Waals surface area contributed by atoms with Crippen LogP contribution in [-0.2, 0) is 0 Å². The molecule has 1 aliphatic heterocycles. The van der Waals surface area contributed by atoms with Gasteiger partial charge in [0.15, 0.2) is 6.04 Å². The molecule has 0 amide bonds. The third-order valence-electron chi connectivity index (χ3n) is 4.65. The summed E-state index contributed by atoms with van der Waals surface area (Å²) in [6.07, 6.45) is 3.71. The number of halogens is 1. The van der Waals surface area contributed by atoms with E-state index in [1.54, 1.807) is 4.52 Å². The Morgan fingerprint density at radius 3 is 2.79 bits per heavy atom. The molecule has 7 heteroatoms. The van der Waals surface area contributed by atoms with Crippen molar-refractivity contribution < 1.29 is 10.0 Å². The zero-order chi connectivity index (χ0) is 16.7. The highest BCUT2D eigenvalue weighted by Gasteiger charge is 2.33. The number of nitrogens with zero attached hydrogens (tertiary/aromatic N) is 3. The van der Waals surface area contributed by atoms with Gasteiger partial charge in [-0.2, -0.15) is 4.52 Å². The number of quaternary nitrogens is 1. The second kappa shape index (κ2) is 6.35. The Morgan fingerprint density at radius 2 is 2.08 bits per heavy atom. The van der Waals surface area contributed by atoms with Crippen LogP contribution in [0.5, 0.6) is 5.88 Å². The van der Waals surface area contributed by atoms with E-state index >= 15 is 0 Å². The summed E-state index contributed by atoms with van der Waals surface area (Å²) >= 11 is 7.76. The number of aromatic nitrogens is 3. The maximum atomic E-state index is 10.8. The molecule has 1 aromatic carbocycles. The molecule has 4 rings (SSSR count). The Bertz CT molecular complexity index is 869. The van der Waals surface area contributed by atoms with Crippen LogP contribution in [0.2, 0.25) is 5.02 Å². The zero-order valence-electron chi connectivity index (χ0n) is 13.5. The molecule has 1 saturated heterocycles. The Kier molecular flexibility index (Phi) is 4.20. The van der Waals surface area contributed by atoms with E-state index in [9.17, 15) is 5.11 Å². The molecule has 3 heterocycles. The minimum atomic E-state index is 0.0674. The number of likely N-dealkylation sites (tertiary alicyclic amines) is 1. The van der Waals surface area contributed by atoms with Crippen LogP contribution in [0.25, 0.3) is 4.96 Å². The molecule has 24 heavy (non-hydrogen) atoms. The van der Waals surface area contributed by atoms with Crippen molar-refractivity contribution in [2.24, 2.45) is 0 Å². The van der Waals surface area contributed by atoms with Crippen molar-refractivity contribution in [3.05, 3.63) is 45.6 Å². The molecule has 1 atom stereocenters. The fourth-order valence-electron chi connectivity index (χ4n) is 3.59. The molecule has 0 aliphatic carbocycles. The Morgan fingerprint density at radius 1 is 1.29 bits per heavy atom. The monoisotopic (exact) mass is 363 g/mol. The van der Waals surface area contributed by atoms with Gasteiger partial charge in [-0.3, -0.25) is 0 Å². The first-order valence-corrected chi connectivity index (χ1v) is 9.48. The van der Waals surface area contributed by atoms with E-state index in [2.05, 4.69) is 16.1 Å². The quantitative estimate of drug-likeness (QED) is 0.752. The van der Waals surface area contributed by atoms with Crippen LogP contribution in [-0.4, -0.2) is 32.8 Å². The summed E-state index contributed by atoms with van der Waals surface area (Å²) in [5.41, 5.74) is 1.14. The number of aryl methyl sites for hydroxylation is 1. The van der Waals surface area contributed by atoms with Crippen molar-refractivity contribution >= 4 is 27.9 Å². The fourth-order valence-corrected chi connectivity index (χ4v) is 4.97. The zero-order valence-corrected chi connectivity index (χ0v) is 15.1. The molecule has 0 radical (unpaired) electrons. The summed E-state index contributed by atoms with van der Waals surface area (Å²) in [6.45, 7) is 4.04. The smallest absolute Gasteiger partial charge is 0.235 e. The van der Waals surface area contributed by atoms with Crippen molar-refractivity contribution in [2.45, 2.75) is 32.2 Å². The maximum Gasteiger partial charge on any atom is 0.235 e. The average molecular weight is 364 g/mol. The van der Waals surface area contributed by atoms with E-state index in [1.165, 1.54) is 35.5 Å². The van der Waals surface area contributed by atoms with Crippen molar-refractivity contribution in [2.75, 3.05) is 13.1 Å². The van der Waals surface area contributed by atoms with Crippen molar-refractivity contribution in [1.29, 1.82) is 0 Å². The summed E-state index contributed by atoms with van der Waals surface area (Å²) < 4.78 is 1.55. The lowest BCUT2D eigenvalue weighted by Crippen LogP contribution is -3.13. The first kappa shape index (κ1) is 15.9. The molecule has 0 bridgehead atoms. The molecule has 2 N–H and O–H groups in total. The molecular formula is C17H20ClN4OS+. The fraction of sp³-hybridized carbons (Fsp3) is 0.412. The van der Waals surface area contributed by atoms with Crippen LogP contribution in [0.1, 0.15) is 41.6 Å². The van der Waals surface area contributed by atoms with Crippen LogP contribution in [0.15, 0.2) is 24.3 Å². The summed E-state index contributed by atoms with van der Waals surface area (Å²) in [4.78, 5) is 7.54. The summed E-state index contributed by atoms with van der Waals surface area (Å²) in [5.74, 6) is 0.881. The van der Waals surface area contributed by atoms with Gasteiger partial charge in [-0.25, -0.2) is 4.98 Å². The molecule has 126 valence electrons. The van der Waals surface area contributed by atoms with E-state index in [-0.39, 0.29) is 11.9 Å². The number of fused-ring (bicyclic) bond motifs is 1. The van der Waals surface area contributed by atoms with Crippen LogP contribution in [0, 0.1) is 6.92 Å². The standard InChI is InChI=1S/C17H19ClN4OS/c1-11-19-17-22(20-11)16(23)15(24-17)14(21-8-3-2-4-9-21)12-6-5-7-13(18)10-12/h5-7,10,14,23H,2-4,8-9H2,1H3/p+1/t14-/m1/s1. The molecule has 1 fully saturated rings. The van der Waals surface area contributed by atoms with Gasteiger partial charge >= 0.3 is 0 Å². The van der Waals surface area contributed by atoms with Gasteiger partial charge in [-0.05, 0) is 38.3 Å².